The van der Waals surface area contributed by atoms with E-state index < -0.39 is 0 Å². The Kier molecular flexibility index (Phi) is 2.33. The summed E-state index contributed by atoms with van der Waals surface area (Å²) in [6.45, 7) is 8.21. The molecule has 1 aliphatic heterocycles. The van der Waals surface area contributed by atoms with Gasteiger partial charge in [-0.3, -0.25) is 9.69 Å². The lowest BCUT2D eigenvalue weighted by molar-refractivity contribution is -0.123. The van der Waals surface area contributed by atoms with Crippen LogP contribution < -0.4 is 0 Å². The van der Waals surface area contributed by atoms with Crippen LogP contribution in [0.3, 0.4) is 0 Å². The zero-order chi connectivity index (χ0) is 8.48. The number of carbonyl (C=O) groups is 1. The van der Waals surface area contributed by atoms with Crippen LogP contribution in [0, 0.1) is 0 Å². The molecule has 0 saturated carbocycles. The predicted octanol–water partition coefficient (Wildman–Crippen LogP) is 1.45. The first kappa shape index (κ1) is 8.72. The average Bonchev–Trinajstić information content (AvgIpc) is 1.86. The van der Waals surface area contributed by atoms with Crippen LogP contribution in [0.1, 0.15) is 33.6 Å². The quantitative estimate of drug-likeness (QED) is 0.527. The van der Waals surface area contributed by atoms with Gasteiger partial charge in [0.25, 0.3) is 0 Å². The molecule has 1 fully saturated rings. The summed E-state index contributed by atoms with van der Waals surface area (Å²) in [6.07, 6.45) is 1.82. The molecule has 0 unspecified atom stereocenters. The van der Waals surface area contributed by atoms with Gasteiger partial charge in [0.1, 0.15) is 5.78 Å². The van der Waals surface area contributed by atoms with Gasteiger partial charge in [0.05, 0.1) is 6.54 Å². The van der Waals surface area contributed by atoms with E-state index in [0.717, 1.165) is 19.4 Å². The average molecular weight is 155 g/mol. The van der Waals surface area contributed by atoms with Gasteiger partial charge in [0, 0.05) is 12.0 Å². The molecular weight excluding hydrogens is 138 g/mol. The lowest BCUT2D eigenvalue weighted by Crippen LogP contribution is -2.47. The van der Waals surface area contributed by atoms with E-state index in [1.54, 1.807) is 0 Å². The molecule has 0 aromatic heterocycles. The van der Waals surface area contributed by atoms with Gasteiger partial charge >= 0.3 is 0 Å². The maximum Gasteiger partial charge on any atom is 0.146 e. The van der Waals surface area contributed by atoms with E-state index in [4.69, 9.17) is 0 Å². The number of carbonyl (C=O) groups excluding carboxylic acids is 1. The minimum atomic E-state index is 0.163. The van der Waals surface area contributed by atoms with Crippen LogP contribution in [-0.4, -0.2) is 29.3 Å². The molecule has 0 atom stereocenters. The van der Waals surface area contributed by atoms with E-state index >= 15 is 0 Å². The third kappa shape index (κ3) is 2.29. The van der Waals surface area contributed by atoms with Gasteiger partial charge in [-0.15, -0.1) is 0 Å². The minimum Gasteiger partial charge on any atom is -0.298 e. The number of rotatable bonds is 0. The topological polar surface area (TPSA) is 20.3 Å². The third-order valence-corrected chi connectivity index (χ3v) is 2.20. The van der Waals surface area contributed by atoms with Crippen LogP contribution in [-0.2, 0) is 4.79 Å². The van der Waals surface area contributed by atoms with Crippen molar-refractivity contribution in [2.75, 3.05) is 13.1 Å². The van der Waals surface area contributed by atoms with Gasteiger partial charge in [-0.25, -0.2) is 0 Å². The molecular formula is C9H17NO. The molecule has 1 rings (SSSR count). The van der Waals surface area contributed by atoms with E-state index in [2.05, 4.69) is 25.7 Å². The first-order valence-electron chi connectivity index (χ1n) is 4.27. The molecule has 1 heterocycles. The first-order chi connectivity index (χ1) is 5.00. The van der Waals surface area contributed by atoms with Crippen LogP contribution in [0.4, 0.5) is 0 Å². The zero-order valence-corrected chi connectivity index (χ0v) is 7.68. The zero-order valence-electron chi connectivity index (χ0n) is 7.68. The number of ketones is 1. The second kappa shape index (κ2) is 2.94. The van der Waals surface area contributed by atoms with Gasteiger partial charge in [-0.2, -0.15) is 0 Å². The SMILES string of the molecule is CC(C)(C)N1CCCC(=O)C1. The van der Waals surface area contributed by atoms with E-state index in [1.807, 2.05) is 0 Å². The van der Waals surface area contributed by atoms with Crippen molar-refractivity contribution in [3.05, 3.63) is 0 Å². The lowest BCUT2D eigenvalue weighted by atomic mass is 10.0. The van der Waals surface area contributed by atoms with Gasteiger partial charge in [-0.05, 0) is 33.7 Å². The molecule has 2 nitrogen and oxygen atoms in total. The Bertz CT molecular complexity index is 157. The Morgan fingerprint density at radius 2 is 2.00 bits per heavy atom. The smallest absolute Gasteiger partial charge is 0.146 e. The molecule has 1 aliphatic rings. The van der Waals surface area contributed by atoms with E-state index in [-0.39, 0.29) is 5.54 Å². The molecule has 0 aromatic carbocycles. The Morgan fingerprint density at radius 1 is 1.36 bits per heavy atom. The fourth-order valence-corrected chi connectivity index (χ4v) is 1.41. The number of hydrogen-bond acceptors (Lipinski definition) is 2. The van der Waals surface area contributed by atoms with Crippen molar-refractivity contribution in [2.45, 2.75) is 39.2 Å². The van der Waals surface area contributed by atoms with Gasteiger partial charge < -0.3 is 0 Å². The molecule has 0 N–H and O–H groups in total. The van der Waals surface area contributed by atoms with Crippen LogP contribution >= 0.6 is 0 Å². The maximum atomic E-state index is 11.1. The highest BCUT2D eigenvalue weighted by Crippen LogP contribution is 2.17. The molecule has 0 bridgehead atoms. The monoisotopic (exact) mass is 155 g/mol. The van der Waals surface area contributed by atoms with Gasteiger partial charge in [0.15, 0.2) is 0 Å². The number of Topliss-reactive ketones (excluding diaryl/α,β-unsaturated/α-hetero) is 1. The third-order valence-electron chi connectivity index (χ3n) is 2.20. The number of hydrogen-bond donors (Lipinski definition) is 0. The molecule has 0 amide bonds. The fourth-order valence-electron chi connectivity index (χ4n) is 1.41. The number of nitrogens with zero attached hydrogens (tertiary/aromatic N) is 1. The maximum absolute atomic E-state index is 11.1. The summed E-state index contributed by atoms with van der Waals surface area (Å²) in [4.78, 5) is 13.3. The van der Waals surface area contributed by atoms with Crippen LogP contribution in [0.2, 0.25) is 0 Å². The summed E-state index contributed by atoms with van der Waals surface area (Å²) in [7, 11) is 0. The lowest BCUT2D eigenvalue weighted by Gasteiger charge is -2.37. The van der Waals surface area contributed by atoms with Crippen molar-refractivity contribution < 1.29 is 4.79 Å². The van der Waals surface area contributed by atoms with Crippen LogP contribution in [0.15, 0.2) is 0 Å². The van der Waals surface area contributed by atoms with E-state index in [1.165, 1.54) is 0 Å². The summed E-state index contributed by atoms with van der Waals surface area (Å²) in [5, 5.41) is 0. The Morgan fingerprint density at radius 3 is 2.36 bits per heavy atom. The van der Waals surface area contributed by atoms with Crippen molar-refractivity contribution in [1.82, 2.24) is 4.90 Å². The summed E-state index contributed by atoms with van der Waals surface area (Å²) in [5.74, 6) is 0.395. The number of likely N-dealkylation sites (tertiary alicyclic amines) is 1. The van der Waals surface area contributed by atoms with E-state index in [0.29, 0.717) is 12.3 Å². The minimum absolute atomic E-state index is 0.163. The Balaban J connectivity index is 2.53. The highest BCUT2D eigenvalue weighted by molar-refractivity contribution is 5.81. The molecule has 11 heavy (non-hydrogen) atoms. The molecule has 0 aromatic rings. The van der Waals surface area contributed by atoms with Crippen molar-refractivity contribution >= 4 is 5.78 Å². The molecule has 0 aliphatic carbocycles. The Hall–Kier alpha value is -0.370. The van der Waals surface area contributed by atoms with Crippen LogP contribution in [0.25, 0.3) is 0 Å². The highest BCUT2D eigenvalue weighted by Gasteiger charge is 2.25. The second-order valence-corrected chi connectivity index (χ2v) is 4.23. The standard InChI is InChI=1S/C9H17NO/c1-9(2,3)10-6-4-5-8(11)7-10/h4-7H2,1-3H3. The van der Waals surface area contributed by atoms with Crippen molar-refractivity contribution in [1.29, 1.82) is 0 Å². The van der Waals surface area contributed by atoms with Gasteiger partial charge in [0.2, 0.25) is 0 Å². The summed E-state index contributed by atoms with van der Waals surface area (Å²) in [6, 6.07) is 0. The van der Waals surface area contributed by atoms with Crippen molar-refractivity contribution in [3.8, 4) is 0 Å². The Labute approximate surface area is 68.6 Å². The molecule has 64 valence electrons. The molecule has 1 saturated heterocycles. The fraction of sp³-hybridized carbons (Fsp3) is 0.889. The number of piperidine rings is 1. The summed E-state index contributed by atoms with van der Waals surface area (Å²) < 4.78 is 0. The van der Waals surface area contributed by atoms with Crippen molar-refractivity contribution in [2.24, 2.45) is 0 Å². The summed E-state index contributed by atoms with van der Waals surface area (Å²) in [5.41, 5.74) is 0.163. The molecule has 0 spiro atoms. The highest BCUT2D eigenvalue weighted by atomic mass is 16.1. The van der Waals surface area contributed by atoms with Crippen molar-refractivity contribution in [3.63, 3.8) is 0 Å². The van der Waals surface area contributed by atoms with Gasteiger partial charge in [-0.1, -0.05) is 0 Å². The predicted molar refractivity (Wildman–Crippen MR) is 45.6 cm³/mol. The normalized spacial score (nSPS) is 22.3. The second-order valence-electron chi connectivity index (χ2n) is 4.23. The molecule has 2 heteroatoms. The first-order valence-corrected chi connectivity index (χ1v) is 4.27. The van der Waals surface area contributed by atoms with E-state index in [9.17, 15) is 4.79 Å². The van der Waals surface area contributed by atoms with Crippen LogP contribution in [0.5, 0.6) is 0 Å². The summed E-state index contributed by atoms with van der Waals surface area (Å²) >= 11 is 0. The largest absolute Gasteiger partial charge is 0.298 e. The molecule has 0 radical (unpaired) electrons.